The second kappa shape index (κ2) is 10.3. The summed E-state index contributed by atoms with van der Waals surface area (Å²) < 4.78 is 26.8. The van der Waals surface area contributed by atoms with Crippen LogP contribution >= 0.6 is 11.8 Å². The van der Waals surface area contributed by atoms with Gasteiger partial charge >= 0.3 is 0 Å². The van der Waals surface area contributed by atoms with Crippen molar-refractivity contribution in [2.75, 3.05) is 55.2 Å². The number of rotatable bonds is 5. The van der Waals surface area contributed by atoms with Crippen LogP contribution < -0.4 is 10.2 Å². The Hall–Kier alpha value is -2.98. The van der Waals surface area contributed by atoms with Crippen LogP contribution in [0.15, 0.2) is 47.4 Å². The van der Waals surface area contributed by atoms with Crippen molar-refractivity contribution in [1.29, 1.82) is 0 Å². The zero-order valence-corrected chi connectivity index (χ0v) is 18.7. The van der Waals surface area contributed by atoms with E-state index in [2.05, 4.69) is 5.32 Å². The van der Waals surface area contributed by atoms with Crippen molar-refractivity contribution in [3.8, 4) is 0 Å². The molecule has 33 heavy (non-hydrogen) atoms. The lowest BCUT2D eigenvalue weighted by Crippen LogP contribution is -2.46. The molecule has 0 aliphatic carbocycles. The second-order valence-corrected chi connectivity index (χ2v) is 8.94. The Balaban J connectivity index is 1.31. The molecule has 174 valence electrons. The first-order chi connectivity index (χ1) is 15.9. The molecule has 0 aromatic heterocycles. The molecule has 0 atom stereocenters. The van der Waals surface area contributed by atoms with E-state index in [1.54, 1.807) is 9.80 Å². The number of hydrogen-bond donors (Lipinski definition) is 1. The van der Waals surface area contributed by atoms with Gasteiger partial charge in [0, 0.05) is 37.1 Å². The molecule has 1 saturated heterocycles. The number of carbonyl (C=O) groups excluding carboxylic acids is 3. The largest absolute Gasteiger partial charge is 0.340 e. The van der Waals surface area contributed by atoms with Gasteiger partial charge in [-0.25, -0.2) is 8.78 Å². The van der Waals surface area contributed by atoms with Crippen molar-refractivity contribution in [3.05, 3.63) is 54.1 Å². The van der Waals surface area contributed by atoms with E-state index in [9.17, 15) is 23.2 Å². The number of halogens is 2. The average Bonchev–Trinajstić information content (AvgIpc) is 3.03. The third-order valence-electron chi connectivity index (χ3n) is 5.62. The molecule has 2 aromatic rings. The number of nitrogens with one attached hydrogen (secondary N) is 1. The zero-order valence-electron chi connectivity index (χ0n) is 17.9. The van der Waals surface area contributed by atoms with Gasteiger partial charge in [-0.1, -0.05) is 12.1 Å². The summed E-state index contributed by atoms with van der Waals surface area (Å²) in [5.41, 5.74) is 0.686. The van der Waals surface area contributed by atoms with Crippen LogP contribution in [0.4, 0.5) is 20.2 Å². The number of hydrogen-bond acceptors (Lipinski definition) is 5. The Morgan fingerprint density at radius 1 is 1.00 bits per heavy atom. The summed E-state index contributed by atoms with van der Waals surface area (Å²) in [5.74, 6) is -1.87. The molecule has 0 spiro atoms. The van der Waals surface area contributed by atoms with Crippen molar-refractivity contribution < 1.29 is 23.2 Å². The van der Waals surface area contributed by atoms with E-state index in [1.165, 1.54) is 17.8 Å². The first kappa shape index (κ1) is 23.2. The molecule has 2 heterocycles. The van der Waals surface area contributed by atoms with E-state index in [4.69, 9.17) is 0 Å². The summed E-state index contributed by atoms with van der Waals surface area (Å²) in [5, 5.41) is 2.46. The average molecular weight is 475 g/mol. The van der Waals surface area contributed by atoms with Gasteiger partial charge in [-0.2, -0.15) is 0 Å². The normalized spacial score (nSPS) is 16.8. The number of fused-ring (bicyclic) bond motifs is 1. The summed E-state index contributed by atoms with van der Waals surface area (Å²) in [6, 6.07) is 10.5. The molecule has 2 aliphatic heterocycles. The Labute approximate surface area is 194 Å². The van der Waals surface area contributed by atoms with Gasteiger partial charge in [0.25, 0.3) is 0 Å². The Kier molecular flexibility index (Phi) is 7.24. The van der Waals surface area contributed by atoms with Crippen molar-refractivity contribution in [1.82, 2.24) is 9.80 Å². The number of nitrogens with zero attached hydrogens (tertiary/aromatic N) is 3. The summed E-state index contributed by atoms with van der Waals surface area (Å²) in [4.78, 5) is 43.9. The van der Waals surface area contributed by atoms with Crippen molar-refractivity contribution in [2.24, 2.45) is 0 Å². The number of amides is 3. The fraction of sp³-hybridized carbons (Fsp3) is 0.348. The monoisotopic (exact) mass is 474 g/mol. The van der Waals surface area contributed by atoms with E-state index >= 15 is 0 Å². The van der Waals surface area contributed by atoms with Crippen molar-refractivity contribution in [2.45, 2.75) is 11.3 Å². The molecule has 0 bridgehead atoms. The molecular formula is C23H24F2N4O3S. The highest BCUT2D eigenvalue weighted by Crippen LogP contribution is 2.34. The first-order valence-electron chi connectivity index (χ1n) is 10.7. The molecule has 3 amide bonds. The molecular weight excluding hydrogens is 450 g/mol. The maximum atomic E-state index is 13.8. The number of anilines is 2. The summed E-state index contributed by atoms with van der Waals surface area (Å²) in [6.07, 6.45) is 0.671. The second-order valence-electron chi connectivity index (χ2n) is 7.92. The van der Waals surface area contributed by atoms with E-state index < -0.39 is 17.5 Å². The smallest absolute Gasteiger partial charge is 0.242 e. The number of para-hydroxylation sites is 1. The van der Waals surface area contributed by atoms with Gasteiger partial charge in [-0.3, -0.25) is 19.3 Å². The Morgan fingerprint density at radius 2 is 1.82 bits per heavy atom. The predicted octanol–water partition coefficient (Wildman–Crippen LogP) is 2.58. The maximum absolute atomic E-state index is 13.8. The Morgan fingerprint density at radius 3 is 2.64 bits per heavy atom. The van der Waals surface area contributed by atoms with Crippen LogP contribution in [0.25, 0.3) is 0 Å². The van der Waals surface area contributed by atoms with Gasteiger partial charge in [0.1, 0.15) is 18.2 Å². The summed E-state index contributed by atoms with van der Waals surface area (Å²) >= 11 is 1.47. The molecule has 0 unspecified atom stereocenters. The van der Waals surface area contributed by atoms with Crippen LogP contribution in [-0.2, 0) is 14.4 Å². The van der Waals surface area contributed by atoms with E-state index in [1.807, 2.05) is 29.2 Å². The topological polar surface area (TPSA) is 73.0 Å². The minimum Gasteiger partial charge on any atom is -0.340 e. The molecule has 4 rings (SSSR count). The van der Waals surface area contributed by atoms with Crippen LogP contribution in [0.3, 0.4) is 0 Å². The van der Waals surface area contributed by atoms with Gasteiger partial charge in [0.05, 0.1) is 23.7 Å². The maximum Gasteiger partial charge on any atom is 0.242 e. The summed E-state index contributed by atoms with van der Waals surface area (Å²) in [7, 11) is 0. The lowest BCUT2D eigenvalue weighted by Gasteiger charge is -2.30. The van der Waals surface area contributed by atoms with Crippen LogP contribution in [0.2, 0.25) is 0 Å². The molecule has 0 saturated carbocycles. The van der Waals surface area contributed by atoms with Gasteiger partial charge in [0.2, 0.25) is 17.7 Å². The van der Waals surface area contributed by atoms with Gasteiger partial charge in [0.15, 0.2) is 0 Å². The minimum absolute atomic E-state index is 0.0132. The van der Waals surface area contributed by atoms with E-state index in [0.29, 0.717) is 38.4 Å². The number of benzene rings is 2. The molecule has 1 N–H and O–H groups in total. The predicted molar refractivity (Wildman–Crippen MR) is 122 cm³/mol. The van der Waals surface area contributed by atoms with E-state index in [0.717, 1.165) is 22.7 Å². The standard InChI is InChI=1S/C23H24F2N4O3S/c24-16-6-7-18(17(25)12-16)26-21(30)13-27-8-3-9-28(11-10-27)22(31)14-29-19-4-1-2-5-20(19)33-15-23(29)32/h1-2,4-7,12H,3,8-11,13-15H2,(H,26,30). The fourth-order valence-electron chi connectivity index (χ4n) is 3.92. The van der Waals surface area contributed by atoms with Gasteiger partial charge in [-0.05, 0) is 30.7 Å². The van der Waals surface area contributed by atoms with Crippen LogP contribution in [0, 0.1) is 11.6 Å². The van der Waals surface area contributed by atoms with Crippen molar-refractivity contribution >= 4 is 40.9 Å². The fourth-order valence-corrected chi connectivity index (χ4v) is 4.86. The lowest BCUT2D eigenvalue weighted by molar-refractivity contribution is -0.131. The first-order valence-corrected chi connectivity index (χ1v) is 11.7. The highest BCUT2D eigenvalue weighted by atomic mass is 32.2. The highest BCUT2D eigenvalue weighted by Gasteiger charge is 2.29. The molecule has 2 aromatic carbocycles. The molecule has 1 fully saturated rings. The number of thioether (sulfide) groups is 1. The minimum atomic E-state index is -0.830. The third-order valence-corrected chi connectivity index (χ3v) is 6.66. The Bertz CT molecular complexity index is 1070. The molecule has 7 nitrogen and oxygen atoms in total. The molecule has 0 radical (unpaired) electrons. The van der Waals surface area contributed by atoms with Crippen LogP contribution in [0.1, 0.15) is 6.42 Å². The molecule has 10 heteroatoms. The molecule has 2 aliphatic rings. The quantitative estimate of drug-likeness (QED) is 0.721. The lowest BCUT2D eigenvalue weighted by atomic mass is 10.2. The SMILES string of the molecule is O=C(CN1CCCN(C(=O)CN2C(=O)CSc3ccccc32)CC1)Nc1ccc(F)cc1F. The van der Waals surface area contributed by atoms with Crippen LogP contribution in [0.5, 0.6) is 0 Å². The zero-order chi connectivity index (χ0) is 23.4. The van der Waals surface area contributed by atoms with Gasteiger partial charge in [-0.15, -0.1) is 11.8 Å². The van der Waals surface area contributed by atoms with E-state index in [-0.39, 0.29) is 30.6 Å². The number of carbonyl (C=O) groups is 3. The third kappa shape index (κ3) is 5.69. The highest BCUT2D eigenvalue weighted by molar-refractivity contribution is 8.00. The summed E-state index contributed by atoms with van der Waals surface area (Å²) in [6.45, 7) is 2.06. The van der Waals surface area contributed by atoms with Gasteiger partial charge < -0.3 is 15.1 Å². The van der Waals surface area contributed by atoms with Crippen molar-refractivity contribution in [3.63, 3.8) is 0 Å². The van der Waals surface area contributed by atoms with Crippen LogP contribution in [-0.4, -0.2) is 72.5 Å².